The molecule has 3 heterocycles. The van der Waals surface area contributed by atoms with E-state index in [4.69, 9.17) is 4.74 Å². The van der Waals surface area contributed by atoms with E-state index in [0.29, 0.717) is 17.1 Å². The summed E-state index contributed by atoms with van der Waals surface area (Å²) in [5.41, 5.74) is 3.40. The number of pyridine rings is 1. The molecule has 0 aliphatic rings. The van der Waals surface area contributed by atoms with Gasteiger partial charge in [0.1, 0.15) is 16.0 Å². The number of rotatable bonds is 10. The molecule has 13 heteroatoms. The molecule has 0 saturated carbocycles. The molecule has 0 unspecified atom stereocenters. The standard InChI is InChI=1S/C22H22N6O5S2/c1-33-17-6-4-5-15(11-17)12-19(22(29)26-30)28-14-16(25-27-28)13-24-35(31,32)21-9-8-20(34-21)18-7-2-3-10-23-18/h2-11,14,19,24,30H,12-13H2,1H3,(H,26,29)/t19-/m0/s1. The van der Waals surface area contributed by atoms with Crippen LogP contribution in [0.1, 0.15) is 17.3 Å². The number of hydroxylamine groups is 1. The molecule has 1 atom stereocenters. The molecule has 1 amide bonds. The van der Waals surface area contributed by atoms with E-state index < -0.39 is 22.0 Å². The average molecular weight is 515 g/mol. The summed E-state index contributed by atoms with van der Waals surface area (Å²) in [5.74, 6) is -0.0652. The van der Waals surface area contributed by atoms with Crippen LogP contribution in [-0.4, -0.2) is 46.6 Å². The van der Waals surface area contributed by atoms with Gasteiger partial charge in [-0.2, -0.15) is 0 Å². The Bertz CT molecular complexity index is 1400. The number of nitrogens with one attached hydrogen (secondary N) is 2. The molecule has 0 aliphatic heterocycles. The van der Waals surface area contributed by atoms with E-state index in [-0.39, 0.29) is 17.2 Å². The van der Waals surface area contributed by atoms with Gasteiger partial charge in [0, 0.05) is 12.6 Å². The fourth-order valence-electron chi connectivity index (χ4n) is 3.30. The molecule has 4 rings (SSSR count). The Hall–Kier alpha value is -3.65. The number of nitrogens with zero attached hydrogens (tertiary/aromatic N) is 4. The molecule has 0 saturated heterocycles. The van der Waals surface area contributed by atoms with Crippen molar-refractivity contribution in [3.63, 3.8) is 0 Å². The van der Waals surface area contributed by atoms with E-state index in [1.54, 1.807) is 48.1 Å². The van der Waals surface area contributed by atoms with Crippen molar-refractivity contribution in [3.8, 4) is 16.3 Å². The number of carbonyl (C=O) groups excluding carboxylic acids is 1. The second-order valence-electron chi connectivity index (χ2n) is 7.40. The number of ether oxygens (including phenoxy) is 1. The van der Waals surface area contributed by atoms with Crippen LogP contribution in [0.2, 0.25) is 0 Å². The predicted octanol–water partition coefficient (Wildman–Crippen LogP) is 2.18. The van der Waals surface area contributed by atoms with Gasteiger partial charge in [-0.1, -0.05) is 23.4 Å². The lowest BCUT2D eigenvalue weighted by Crippen LogP contribution is -2.32. The first-order chi connectivity index (χ1) is 16.9. The molecule has 3 N–H and O–H groups in total. The zero-order valence-electron chi connectivity index (χ0n) is 18.5. The zero-order valence-corrected chi connectivity index (χ0v) is 20.2. The summed E-state index contributed by atoms with van der Waals surface area (Å²) >= 11 is 1.10. The van der Waals surface area contributed by atoms with Crippen LogP contribution < -0.4 is 14.9 Å². The van der Waals surface area contributed by atoms with Crippen molar-refractivity contribution in [1.82, 2.24) is 30.2 Å². The lowest BCUT2D eigenvalue weighted by atomic mass is 10.1. The van der Waals surface area contributed by atoms with Crippen LogP contribution in [-0.2, 0) is 27.8 Å². The van der Waals surface area contributed by atoms with Crippen LogP contribution in [0.3, 0.4) is 0 Å². The van der Waals surface area contributed by atoms with Crippen molar-refractivity contribution in [2.75, 3.05) is 7.11 Å². The molecule has 1 aromatic carbocycles. The molecule has 0 bridgehead atoms. The van der Waals surface area contributed by atoms with Gasteiger partial charge < -0.3 is 4.74 Å². The molecule has 182 valence electrons. The number of thiophene rings is 1. The van der Waals surface area contributed by atoms with Crippen molar-refractivity contribution in [3.05, 3.63) is 78.2 Å². The van der Waals surface area contributed by atoms with Crippen LogP contribution in [0.5, 0.6) is 5.75 Å². The van der Waals surface area contributed by atoms with E-state index in [9.17, 15) is 18.4 Å². The molecule has 3 aromatic heterocycles. The molecule has 4 aromatic rings. The van der Waals surface area contributed by atoms with Gasteiger partial charge in [0.15, 0.2) is 0 Å². The molecule has 11 nitrogen and oxygen atoms in total. The highest BCUT2D eigenvalue weighted by Gasteiger charge is 2.24. The summed E-state index contributed by atoms with van der Waals surface area (Å²) in [6, 6.07) is 14.9. The number of carbonyl (C=O) groups is 1. The van der Waals surface area contributed by atoms with Crippen LogP contribution in [0.4, 0.5) is 0 Å². The van der Waals surface area contributed by atoms with E-state index in [2.05, 4.69) is 20.0 Å². The van der Waals surface area contributed by atoms with Crippen LogP contribution in [0.15, 0.2) is 71.2 Å². The predicted molar refractivity (Wildman–Crippen MR) is 127 cm³/mol. The monoisotopic (exact) mass is 514 g/mol. The molecule has 0 spiro atoms. The Balaban J connectivity index is 1.46. The highest BCUT2D eigenvalue weighted by molar-refractivity contribution is 7.91. The molecule has 35 heavy (non-hydrogen) atoms. The van der Waals surface area contributed by atoms with Gasteiger partial charge in [0.25, 0.3) is 5.91 Å². The number of amides is 1. The lowest BCUT2D eigenvalue weighted by molar-refractivity contribution is -0.133. The summed E-state index contributed by atoms with van der Waals surface area (Å²) in [7, 11) is -2.26. The maximum atomic E-state index is 12.8. The van der Waals surface area contributed by atoms with Gasteiger partial charge in [0.05, 0.1) is 36.1 Å². The Morgan fingerprint density at radius 2 is 2.06 bits per heavy atom. The van der Waals surface area contributed by atoms with Crippen molar-refractivity contribution < 1.29 is 23.2 Å². The Kier molecular flexibility index (Phi) is 7.51. The molecule has 0 radical (unpaired) electrons. The number of benzene rings is 1. The van der Waals surface area contributed by atoms with Gasteiger partial charge >= 0.3 is 0 Å². The van der Waals surface area contributed by atoms with Crippen molar-refractivity contribution in [2.24, 2.45) is 0 Å². The number of hydrogen-bond donors (Lipinski definition) is 3. The zero-order chi connectivity index (χ0) is 24.8. The van der Waals surface area contributed by atoms with E-state index in [1.165, 1.54) is 24.1 Å². The average Bonchev–Trinajstić information content (AvgIpc) is 3.57. The van der Waals surface area contributed by atoms with Crippen LogP contribution in [0, 0.1) is 0 Å². The summed E-state index contributed by atoms with van der Waals surface area (Å²) in [5, 5.41) is 17.1. The number of aromatic nitrogens is 4. The first-order valence-corrected chi connectivity index (χ1v) is 12.7. The maximum absolute atomic E-state index is 12.8. The third-order valence-corrected chi connectivity index (χ3v) is 8.06. The van der Waals surface area contributed by atoms with E-state index in [1.807, 2.05) is 12.1 Å². The summed E-state index contributed by atoms with van der Waals surface area (Å²) in [6.45, 7) is -0.133. The normalized spacial score (nSPS) is 12.3. The van der Waals surface area contributed by atoms with Crippen LogP contribution in [0.25, 0.3) is 10.6 Å². The lowest BCUT2D eigenvalue weighted by Gasteiger charge is -2.15. The third kappa shape index (κ3) is 5.89. The van der Waals surface area contributed by atoms with Crippen molar-refractivity contribution >= 4 is 27.3 Å². The minimum atomic E-state index is -3.80. The van der Waals surface area contributed by atoms with E-state index >= 15 is 0 Å². The highest BCUT2D eigenvalue weighted by atomic mass is 32.2. The van der Waals surface area contributed by atoms with Crippen LogP contribution >= 0.6 is 11.3 Å². The molecular formula is C22H22N6O5S2. The Morgan fingerprint density at radius 3 is 2.80 bits per heavy atom. The fraction of sp³-hybridized carbons (Fsp3) is 0.182. The van der Waals surface area contributed by atoms with Gasteiger partial charge in [-0.15, -0.1) is 16.4 Å². The highest BCUT2D eigenvalue weighted by Crippen LogP contribution is 2.29. The number of methoxy groups -OCH3 is 1. The fourth-order valence-corrected chi connectivity index (χ4v) is 5.63. The summed E-state index contributed by atoms with van der Waals surface area (Å²) < 4.78 is 34.6. The second kappa shape index (κ2) is 10.7. The smallest absolute Gasteiger partial charge is 0.268 e. The number of sulfonamides is 1. The Labute approximate surface area is 205 Å². The van der Waals surface area contributed by atoms with Gasteiger partial charge in [0.2, 0.25) is 10.0 Å². The van der Waals surface area contributed by atoms with Gasteiger partial charge in [-0.25, -0.2) is 23.3 Å². The number of hydrogen-bond acceptors (Lipinski definition) is 9. The molecule has 0 fully saturated rings. The summed E-state index contributed by atoms with van der Waals surface area (Å²) in [4.78, 5) is 17.3. The second-order valence-corrected chi connectivity index (χ2v) is 10.5. The first-order valence-electron chi connectivity index (χ1n) is 10.4. The van der Waals surface area contributed by atoms with Crippen molar-refractivity contribution in [1.29, 1.82) is 0 Å². The molecule has 0 aliphatic carbocycles. The van der Waals surface area contributed by atoms with Crippen molar-refractivity contribution in [2.45, 2.75) is 23.2 Å². The minimum Gasteiger partial charge on any atom is -0.497 e. The van der Waals surface area contributed by atoms with Gasteiger partial charge in [-0.3, -0.25) is 15.0 Å². The van der Waals surface area contributed by atoms with E-state index in [0.717, 1.165) is 21.8 Å². The third-order valence-electron chi connectivity index (χ3n) is 5.06. The maximum Gasteiger partial charge on any atom is 0.268 e. The SMILES string of the molecule is COc1cccc(C[C@@H](C(=O)NO)n2cc(CNS(=O)(=O)c3ccc(-c4ccccn4)s3)nn2)c1. The topological polar surface area (TPSA) is 148 Å². The quantitative estimate of drug-likeness (QED) is 0.215. The first kappa shape index (κ1) is 24.5. The Morgan fingerprint density at radius 1 is 1.20 bits per heavy atom. The summed E-state index contributed by atoms with van der Waals surface area (Å²) in [6.07, 6.45) is 3.30. The largest absolute Gasteiger partial charge is 0.497 e. The minimum absolute atomic E-state index is 0.133. The van der Waals surface area contributed by atoms with Gasteiger partial charge in [-0.05, 0) is 42.0 Å². The molecular weight excluding hydrogens is 492 g/mol.